The predicted molar refractivity (Wildman–Crippen MR) is 243 cm³/mol. The SMILES string of the molecule is CC/C=C\C/C=C\C/C=C\C/C=C\CCCOCC(COC1OC(COC2OC(CO)C(O)C(O)C2O)C(O)C(O)C1O)OC(=O)CCCCCCCCCCCCCCCCC. The lowest BCUT2D eigenvalue weighted by atomic mass is 9.98. The number of esters is 1. The summed E-state index contributed by atoms with van der Waals surface area (Å²) in [5, 5.41) is 72.0. The average molecular weight is 899 g/mol. The smallest absolute Gasteiger partial charge is 0.306 e. The number of ether oxygens (including phenoxy) is 6. The van der Waals surface area contributed by atoms with E-state index in [1.807, 2.05) is 0 Å². The van der Waals surface area contributed by atoms with Gasteiger partial charge in [0.2, 0.25) is 0 Å². The largest absolute Gasteiger partial charge is 0.457 e. The lowest BCUT2D eigenvalue weighted by molar-refractivity contribution is -0.332. The number of unbranched alkanes of at least 4 members (excludes halogenated alkanes) is 15. The van der Waals surface area contributed by atoms with Crippen molar-refractivity contribution in [2.75, 3.05) is 33.0 Å². The summed E-state index contributed by atoms with van der Waals surface area (Å²) >= 11 is 0. The molecule has 7 N–H and O–H groups in total. The van der Waals surface area contributed by atoms with Crippen LogP contribution in [0, 0.1) is 0 Å². The maximum atomic E-state index is 13.0. The Morgan fingerprint density at radius 3 is 1.56 bits per heavy atom. The van der Waals surface area contributed by atoms with E-state index in [0.717, 1.165) is 57.8 Å². The number of aliphatic hydroxyl groups is 7. The number of carbonyl (C=O) groups excluding carboxylic acids is 1. The van der Waals surface area contributed by atoms with Crippen molar-refractivity contribution in [3.63, 3.8) is 0 Å². The molecule has 0 aromatic heterocycles. The van der Waals surface area contributed by atoms with E-state index in [4.69, 9.17) is 28.4 Å². The second-order valence-electron chi connectivity index (χ2n) is 16.9. The van der Waals surface area contributed by atoms with Gasteiger partial charge < -0.3 is 64.2 Å². The van der Waals surface area contributed by atoms with Gasteiger partial charge >= 0.3 is 5.97 Å². The molecule has 0 radical (unpaired) electrons. The van der Waals surface area contributed by atoms with Crippen LogP contribution >= 0.6 is 0 Å². The molecular formula is C49H86O14. The lowest BCUT2D eigenvalue weighted by Crippen LogP contribution is -2.61. The van der Waals surface area contributed by atoms with E-state index in [2.05, 4.69) is 62.5 Å². The third-order valence-electron chi connectivity index (χ3n) is 11.4. The van der Waals surface area contributed by atoms with E-state index in [1.54, 1.807) is 0 Å². The maximum absolute atomic E-state index is 13.0. The van der Waals surface area contributed by atoms with Crippen LogP contribution in [0.2, 0.25) is 0 Å². The number of hydrogen-bond acceptors (Lipinski definition) is 14. The first kappa shape index (κ1) is 57.1. The van der Waals surface area contributed by atoms with E-state index in [9.17, 15) is 40.5 Å². The van der Waals surface area contributed by atoms with E-state index < -0.39 is 86.7 Å². The first-order chi connectivity index (χ1) is 30.6. The van der Waals surface area contributed by atoms with Crippen LogP contribution in [0.4, 0.5) is 0 Å². The second kappa shape index (κ2) is 37.1. The van der Waals surface area contributed by atoms with Crippen molar-refractivity contribution < 1.29 is 69.0 Å². The molecule has 0 aromatic rings. The minimum Gasteiger partial charge on any atom is -0.457 e. The molecule has 2 heterocycles. The van der Waals surface area contributed by atoms with Gasteiger partial charge in [0.05, 0.1) is 26.4 Å². The van der Waals surface area contributed by atoms with Gasteiger partial charge in [-0.15, -0.1) is 0 Å². The first-order valence-electron chi connectivity index (χ1n) is 24.2. The Kier molecular flexibility index (Phi) is 33.6. The molecule has 2 fully saturated rings. The van der Waals surface area contributed by atoms with Crippen LogP contribution in [-0.4, -0.2) is 142 Å². The summed E-state index contributed by atoms with van der Waals surface area (Å²) in [6.07, 6.45) is 24.7. The van der Waals surface area contributed by atoms with E-state index in [-0.39, 0.29) is 19.6 Å². The van der Waals surface area contributed by atoms with Gasteiger partial charge in [0.1, 0.15) is 54.9 Å². The molecular weight excluding hydrogens is 813 g/mol. The van der Waals surface area contributed by atoms with Crippen molar-refractivity contribution in [3.05, 3.63) is 48.6 Å². The molecule has 2 rings (SSSR count). The summed E-state index contributed by atoms with van der Waals surface area (Å²) in [5.41, 5.74) is 0. The molecule has 0 bridgehead atoms. The summed E-state index contributed by atoms with van der Waals surface area (Å²) in [6.45, 7) is 3.41. The van der Waals surface area contributed by atoms with Gasteiger partial charge in [0, 0.05) is 13.0 Å². The fourth-order valence-electron chi connectivity index (χ4n) is 7.41. The minimum atomic E-state index is -1.71. The number of allylic oxidation sites excluding steroid dienone is 8. The average Bonchev–Trinajstić information content (AvgIpc) is 3.28. The molecule has 0 aliphatic carbocycles. The highest BCUT2D eigenvalue weighted by Gasteiger charge is 2.47. The van der Waals surface area contributed by atoms with Gasteiger partial charge in [0.25, 0.3) is 0 Å². The quantitative estimate of drug-likeness (QED) is 0.0204. The Morgan fingerprint density at radius 1 is 0.540 bits per heavy atom. The summed E-state index contributed by atoms with van der Waals surface area (Å²) in [7, 11) is 0. The number of carbonyl (C=O) groups is 1. The van der Waals surface area contributed by atoms with Crippen LogP contribution in [0.5, 0.6) is 0 Å². The standard InChI is InChI=1S/C49H86O14/c1-3-5-7-9-11-13-15-17-19-20-22-24-26-28-30-32-41(51)61-38(35-58-33-31-29-27-25-23-21-18-16-14-12-10-8-6-4-2)36-59-48-47(57)45(55)43(53)40(63-48)37-60-49-46(56)44(54)42(52)39(34-50)62-49/h6,8,12,14,18,21,25,27,38-40,42-50,52-57H,3-5,7,9-11,13,15-17,19-20,22-24,26,28-37H2,1-2H3/b8-6-,14-12-,21-18-,27-25-. The predicted octanol–water partition coefficient (Wildman–Crippen LogP) is 6.40. The Hall–Kier alpha value is -2.05. The Morgan fingerprint density at radius 2 is 1.02 bits per heavy atom. The van der Waals surface area contributed by atoms with Gasteiger partial charge in [0.15, 0.2) is 12.6 Å². The van der Waals surface area contributed by atoms with Crippen LogP contribution in [0.3, 0.4) is 0 Å². The van der Waals surface area contributed by atoms with Crippen molar-refractivity contribution in [2.45, 2.75) is 223 Å². The maximum Gasteiger partial charge on any atom is 0.306 e. The summed E-state index contributed by atoms with van der Waals surface area (Å²) < 4.78 is 34.1. The second-order valence-corrected chi connectivity index (χ2v) is 16.9. The van der Waals surface area contributed by atoms with Gasteiger partial charge in [-0.1, -0.05) is 152 Å². The van der Waals surface area contributed by atoms with Crippen LogP contribution < -0.4 is 0 Å². The number of rotatable bonds is 37. The Bertz CT molecular complexity index is 1230. The van der Waals surface area contributed by atoms with Crippen LogP contribution in [0.25, 0.3) is 0 Å². The summed E-state index contributed by atoms with van der Waals surface area (Å²) in [4.78, 5) is 13.0. The highest BCUT2D eigenvalue weighted by Crippen LogP contribution is 2.26. The molecule has 2 aliphatic rings. The molecule has 2 saturated heterocycles. The monoisotopic (exact) mass is 899 g/mol. The third kappa shape index (κ3) is 25.4. The summed E-state index contributed by atoms with van der Waals surface area (Å²) in [6, 6.07) is 0. The van der Waals surface area contributed by atoms with Crippen molar-refractivity contribution in [3.8, 4) is 0 Å². The fraction of sp³-hybridized carbons (Fsp3) is 0.816. The number of aliphatic hydroxyl groups excluding tert-OH is 7. The Labute approximate surface area is 378 Å². The molecule has 14 nitrogen and oxygen atoms in total. The van der Waals surface area contributed by atoms with E-state index in [0.29, 0.717) is 13.0 Å². The third-order valence-corrected chi connectivity index (χ3v) is 11.4. The fourth-order valence-corrected chi connectivity index (χ4v) is 7.41. The molecule has 63 heavy (non-hydrogen) atoms. The molecule has 366 valence electrons. The molecule has 0 amide bonds. The highest BCUT2D eigenvalue weighted by molar-refractivity contribution is 5.69. The topological polar surface area (TPSA) is 214 Å². The van der Waals surface area contributed by atoms with Crippen LogP contribution in [0.1, 0.15) is 155 Å². The van der Waals surface area contributed by atoms with Crippen LogP contribution in [0.15, 0.2) is 48.6 Å². The molecule has 0 spiro atoms. The normalized spacial score (nSPS) is 27.4. The Balaban J connectivity index is 1.82. The zero-order chi connectivity index (χ0) is 45.9. The van der Waals surface area contributed by atoms with Gasteiger partial charge in [-0.05, 0) is 44.9 Å². The van der Waals surface area contributed by atoms with Crippen molar-refractivity contribution in [1.82, 2.24) is 0 Å². The van der Waals surface area contributed by atoms with Crippen molar-refractivity contribution in [2.24, 2.45) is 0 Å². The zero-order valence-corrected chi connectivity index (χ0v) is 38.5. The molecule has 0 aromatic carbocycles. The van der Waals surface area contributed by atoms with Gasteiger partial charge in [-0.25, -0.2) is 0 Å². The molecule has 14 heteroatoms. The van der Waals surface area contributed by atoms with E-state index in [1.165, 1.54) is 70.6 Å². The van der Waals surface area contributed by atoms with Gasteiger partial charge in [-0.3, -0.25) is 4.79 Å². The summed E-state index contributed by atoms with van der Waals surface area (Å²) in [5.74, 6) is -0.395. The first-order valence-corrected chi connectivity index (χ1v) is 24.2. The highest BCUT2D eigenvalue weighted by atomic mass is 16.7. The molecule has 11 atom stereocenters. The zero-order valence-electron chi connectivity index (χ0n) is 38.5. The molecule has 11 unspecified atom stereocenters. The van der Waals surface area contributed by atoms with Crippen LogP contribution in [-0.2, 0) is 33.2 Å². The number of hydrogen-bond donors (Lipinski definition) is 7. The molecule has 2 aliphatic heterocycles. The van der Waals surface area contributed by atoms with Gasteiger partial charge in [-0.2, -0.15) is 0 Å². The van der Waals surface area contributed by atoms with Crippen molar-refractivity contribution >= 4 is 5.97 Å². The van der Waals surface area contributed by atoms with E-state index >= 15 is 0 Å². The molecule has 0 saturated carbocycles. The lowest BCUT2D eigenvalue weighted by Gasteiger charge is -2.42. The van der Waals surface area contributed by atoms with Crippen molar-refractivity contribution in [1.29, 1.82) is 0 Å². The minimum absolute atomic E-state index is 0.0243.